The number of fused-ring (bicyclic) bond motifs is 1. The highest BCUT2D eigenvalue weighted by molar-refractivity contribution is 6.29. The molecular formula is C30H40ClN5O3. The lowest BCUT2D eigenvalue weighted by atomic mass is 10.1. The Morgan fingerprint density at radius 2 is 1.85 bits per heavy atom. The Hall–Kier alpha value is -3.33. The summed E-state index contributed by atoms with van der Waals surface area (Å²) >= 11 is 6.06. The van der Waals surface area contributed by atoms with Crippen LogP contribution in [-0.2, 0) is 6.42 Å². The van der Waals surface area contributed by atoms with Gasteiger partial charge < -0.3 is 30.4 Å². The Balaban J connectivity index is 0.00000205. The number of amides is 2. The first kappa shape index (κ1) is 30.2. The number of allylic oxidation sites excluding steroid dienone is 2. The highest BCUT2D eigenvalue weighted by Gasteiger charge is 2.29. The lowest BCUT2D eigenvalue weighted by Gasteiger charge is -2.38. The van der Waals surface area contributed by atoms with Crippen molar-refractivity contribution < 1.29 is 14.7 Å². The van der Waals surface area contributed by atoms with Crippen molar-refractivity contribution in [3.05, 3.63) is 88.1 Å². The Morgan fingerprint density at radius 3 is 2.54 bits per heavy atom. The Bertz CT molecular complexity index is 1200. The number of hydrogen-bond donors (Lipinski definition) is 3. The molecule has 0 aliphatic carbocycles. The average molecular weight is 554 g/mol. The van der Waals surface area contributed by atoms with E-state index in [2.05, 4.69) is 10.6 Å². The van der Waals surface area contributed by atoms with Gasteiger partial charge in [0.05, 0.1) is 23.9 Å². The number of aliphatic hydroxyl groups excluding tert-OH is 1. The van der Waals surface area contributed by atoms with Gasteiger partial charge in [0.25, 0.3) is 11.8 Å². The molecule has 4 rings (SSSR count). The van der Waals surface area contributed by atoms with Crippen LogP contribution in [0.2, 0.25) is 0 Å². The second-order valence-electron chi connectivity index (χ2n) is 9.56. The molecule has 2 amide bonds. The van der Waals surface area contributed by atoms with Crippen molar-refractivity contribution in [2.75, 3.05) is 52.2 Å². The molecule has 9 heteroatoms. The van der Waals surface area contributed by atoms with Crippen LogP contribution in [0.15, 0.2) is 71.4 Å². The standard InChI is InChI=1S/C28H34ClN5O3.C2H6/c1-32-17-21(12-13-25(32)29)24(35)16-30-15-14-19-8-10-20(11-9-19)28(37)33(2)18-26-31-27(36)22-6-4-5-7-23(22)34(26)3;1-2/h4-13,24,26,30,35H,14-18H2,1-3H3,(H,31,36);1-2H3. The number of hydrogen-bond acceptors (Lipinski definition) is 6. The number of nitrogens with one attached hydrogen (secondary N) is 2. The van der Waals surface area contributed by atoms with Gasteiger partial charge in [-0.3, -0.25) is 9.59 Å². The smallest absolute Gasteiger partial charge is 0.255 e. The third-order valence-electron chi connectivity index (χ3n) is 6.86. The predicted octanol–water partition coefficient (Wildman–Crippen LogP) is 3.44. The van der Waals surface area contributed by atoms with Crippen molar-refractivity contribution in [3.63, 3.8) is 0 Å². The van der Waals surface area contributed by atoms with Gasteiger partial charge in [0.15, 0.2) is 0 Å². The van der Waals surface area contributed by atoms with E-state index in [0.717, 1.165) is 23.2 Å². The first-order valence-corrected chi connectivity index (χ1v) is 13.8. The first-order chi connectivity index (χ1) is 18.7. The Kier molecular flexibility index (Phi) is 11.0. The van der Waals surface area contributed by atoms with E-state index in [9.17, 15) is 14.7 Å². The van der Waals surface area contributed by atoms with Gasteiger partial charge in [0.1, 0.15) is 11.3 Å². The quantitative estimate of drug-likeness (QED) is 0.326. The van der Waals surface area contributed by atoms with Crippen LogP contribution in [0.5, 0.6) is 0 Å². The first-order valence-electron chi connectivity index (χ1n) is 13.4. The second-order valence-corrected chi connectivity index (χ2v) is 9.94. The molecule has 0 bridgehead atoms. The minimum Gasteiger partial charge on any atom is -0.387 e. The maximum Gasteiger partial charge on any atom is 0.255 e. The fraction of sp³-hybridized carbons (Fsp3) is 0.400. The average Bonchev–Trinajstić information content (AvgIpc) is 2.96. The van der Waals surface area contributed by atoms with Crippen LogP contribution in [0.25, 0.3) is 0 Å². The van der Waals surface area contributed by atoms with Gasteiger partial charge in [0, 0.05) is 39.8 Å². The van der Waals surface area contributed by atoms with Gasteiger partial charge in [-0.2, -0.15) is 0 Å². The molecule has 2 atom stereocenters. The Morgan fingerprint density at radius 1 is 1.15 bits per heavy atom. The lowest BCUT2D eigenvalue weighted by Crippen LogP contribution is -2.56. The van der Waals surface area contributed by atoms with Crippen LogP contribution in [0, 0.1) is 0 Å². The van der Waals surface area contributed by atoms with Crippen LogP contribution >= 0.6 is 11.6 Å². The van der Waals surface area contributed by atoms with Crippen molar-refractivity contribution in [1.82, 2.24) is 20.4 Å². The van der Waals surface area contributed by atoms with E-state index in [0.29, 0.717) is 42.5 Å². The predicted molar refractivity (Wildman–Crippen MR) is 158 cm³/mol. The van der Waals surface area contributed by atoms with Crippen LogP contribution in [0.3, 0.4) is 0 Å². The number of anilines is 1. The Labute approximate surface area is 236 Å². The van der Waals surface area contributed by atoms with Crippen LogP contribution in [0.4, 0.5) is 5.69 Å². The van der Waals surface area contributed by atoms with E-state index in [1.54, 1.807) is 24.1 Å². The minimum atomic E-state index is -0.569. The number of rotatable bonds is 9. The van der Waals surface area contributed by atoms with E-state index >= 15 is 0 Å². The molecule has 0 saturated carbocycles. The molecule has 2 aliphatic heterocycles. The number of likely N-dealkylation sites (N-methyl/N-ethyl adjacent to an activating group) is 3. The zero-order valence-electron chi connectivity index (χ0n) is 23.4. The molecule has 3 N–H and O–H groups in total. The van der Waals surface area contributed by atoms with E-state index in [1.165, 1.54) is 0 Å². The van der Waals surface area contributed by atoms with E-state index in [4.69, 9.17) is 11.6 Å². The van der Waals surface area contributed by atoms with Crippen molar-refractivity contribution in [2.24, 2.45) is 0 Å². The molecule has 2 heterocycles. The molecule has 0 aromatic heterocycles. The maximum absolute atomic E-state index is 13.0. The minimum absolute atomic E-state index is 0.103. The molecule has 2 aromatic rings. The molecule has 0 spiro atoms. The van der Waals surface area contributed by atoms with Crippen molar-refractivity contribution in [1.29, 1.82) is 0 Å². The number of nitrogens with zero attached hydrogens (tertiary/aromatic N) is 3. The topological polar surface area (TPSA) is 88.2 Å². The molecule has 0 fully saturated rings. The summed E-state index contributed by atoms with van der Waals surface area (Å²) in [7, 11) is 5.55. The molecule has 0 saturated heterocycles. The number of benzene rings is 2. The highest BCUT2D eigenvalue weighted by Crippen LogP contribution is 2.25. The maximum atomic E-state index is 13.0. The summed E-state index contributed by atoms with van der Waals surface area (Å²) in [6, 6.07) is 15.0. The van der Waals surface area contributed by atoms with E-state index < -0.39 is 6.10 Å². The molecule has 39 heavy (non-hydrogen) atoms. The fourth-order valence-corrected chi connectivity index (χ4v) is 4.66. The lowest BCUT2D eigenvalue weighted by molar-refractivity contribution is 0.0761. The van der Waals surface area contributed by atoms with Gasteiger partial charge in [-0.25, -0.2) is 0 Å². The monoisotopic (exact) mass is 553 g/mol. The molecule has 210 valence electrons. The van der Waals surface area contributed by atoms with Crippen LogP contribution in [-0.4, -0.2) is 86.3 Å². The van der Waals surface area contributed by atoms with Crippen LogP contribution < -0.4 is 15.5 Å². The molecule has 0 radical (unpaired) electrons. The summed E-state index contributed by atoms with van der Waals surface area (Å²) in [5.74, 6) is -0.233. The molecular weight excluding hydrogens is 514 g/mol. The normalized spacial score (nSPS) is 17.2. The number of carbonyl (C=O) groups is 2. The summed E-state index contributed by atoms with van der Waals surface area (Å²) in [5.41, 5.74) is 4.11. The highest BCUT2D eigenvalue weighted by atomic mass is 35.5. The molecule has 2 aromatic carbocycles. The summed E-state index contributed by atoms with van der Waals surface area (Å²) in [4.78, 5) is 31.0. The largest absolute Gasteiger partial charge is 0.387 e. The van der Waals surface area contributed by atoms with E-state index in [-0.39, 0.29) is 18.0 Å². The van der Waals surface area contributed by atoms with E-state index in [1.807, 2.05) is 86.3 Å². The summed E-state index contributed by atoms with van der Waals surface area (Å²) in [6.45, 7) is 6.14. The number of carbonyl (C=O) groups excluding carboxylic acids is 2. The van der Waals surface area contributed by atoms with Gasteiger partial charge in [0.2, 0.25) is 0 Å². The number of halogens is 1. The summed E-state index contributed by atoms with van der Waals surface area (Å²) in [6.07, 6.45) is 3.57. The van der Waals surface area contributed by atoms with Gasteiger partial charge in [-0.15, -0.1) is 0 Å². The summed E-state index contributed by atoms with van der Waals surface area (Å²) < 4.78 is 0. The summed E-state index contributed by atoms with van der Waals surface area (Å²) in [5, 5.41) is 17.4. The second kappa shape index (κ2) is 14.2. The van der Waals surface area contributed by atoms with Crippen molar-refractivity contribution in [2.45, 2.75) is 32.5 Å². The molecule has 2 unspecified atom stereocenters. The third kappa shape index (κ3) is 7.62. The SMILES string of the molecule is CC.CN(CC1NC(=O)c2ccccc2N1C)C(=O)c1ccc(CCNCC(O)C2=CC=C(Cl)N(C)C2)cc1. The van der Waals surface area contributed by atoms with Gasteiger partial charge in [-0.1, -0.05) is 55.8 Å². The zero-order chi connectivity index (χ0) is 28.5. The zero-order valence-corrected chi connectivity index (χ0v) is 24.2. The van der Waals surface area contributed by atoms with Crippen molar-refractivity contribution in [3.8, 4) is 0 Å². The van der Waals surface area contributed by atoms with Gasteiger partial charge >= 0.3 is 0 Å². The number of aliphatic hydroxyl groups is 1. The molecule has 8 nitrogen and oxygen atoms in total. The van der Waals surface area contributed by atoms with Gasteiger partial charge in [-0.05, 0) is 54.4 Å². The number of para-hydroxylation sites is 1. The van der Waals surface area contributed by atoms with Crippen LogP contribution in [0.1, 0.15) is 40.1 Å². The third-order valence-corrected chi connectivity index (χ3v) is 7.28. The van der Waals surface area contributed by atoms with Crippen molar-refractivity contribution >= 4 is 29.1 Å². The fourth-order valence-electron chi connectivity index (χ4n) is 4.54. The molecule has 2 aliphatic rings.